The summed E-state index contributed by atoms with van der Waals surface area (Å²) >= 11 is 0. The van der Waals surface area contributed by atoms with E-state index in [1.165, 1.54) is 0 Å². The Morgan fingerprint density at radius 2 is 1.93 bits per heavy atom. The molecule has 1 saturated carbocycles. The maximum Gasteiger partial charge on any atom is 0.273 e. The van der Waals surface area contributed by atoms with Gasteiger partial charge >= 0.3 is 0 Å². The molecule has 30 heavy (non-hydrogen) atoms. The highest BCUT2D eigenvalue weighted by Crippen LogP contribution is 2.40. The second-order valence-electron chi connectivity index (χ2n) is 7.96. The van der Waals surface area contributed by atoms with E-state index >= 15 is 0 Å². The van der Waals surface area contributed by atoms with Crippen molar-refractivity contribution in [2.75, 3.05) is 11.9 Å². The predicted octanol–water partition coefficient (Wildman–Crippen LogP) is 3.10. The maximum atomic E-state index is 13.4. The van der Waals surface area contributed by atoms with Gasteiger partial charge < -0.3 is 10.2 Å². The molecule has 8 heteroatoms. The number of rotatable bonds is 4. The van der Waals surface area contributed by atoms with Gasteiger partial charge in [-0.2, -0.15) is 0 Å². The Morgan fingerprint density at radius 3 is 2.67 bits per heavy atom. The molecule has 2 bridgehead atoms. The average molecular weight is 404 g/mol. The lowest BCUT2D eigenvalue weighted by atomic mass is 10.0. The molecule has 0 aromatic carbocycles. The highest BCUT2D eigenvalue weighted by Gasteiger charge is 2.47. The van der Waals surface area contributed by atoms with Crippen molar-refractivity contribution in [2.24, 2.45) is 5.92 Å². The SMILES string of the molecule is Cc1ccc(NC2CC3CC2N(C(=O)c2ncccc2-c2ncc(F)cn2)C3)nc1. The number of nitrogens with zero attached hydrogens (tertiary/aromatic N) is 5. The summed E-state index contributed by atoms with van der Waals surface area (Å²) in [7, 11) is 0. The summed E-state index contributed by atoms with van der Waals surface area (Å²) in [6.07, 6.45) is 7.58. The standard InChI is InChI=1S/C22H21FN6O/c1-13-4-5-19(25-9-13)28-17-7-14-8-18(17)29(12-14)22(30)20-16(3-2-6-24-20)21-26-10-15(23)11-27-21/h2-6,9-11,14,17-18H,7-8,12H2,1H3,(H,25,28). The van der Waals surface area contributed by atoms with Crippen LogP contribution >= 0.6 is 0 Å². The van der Waals surface area contributed by atoms with E-state index < -0.39 is 5.82 Å². The number of amides is 1. The van der Waals surface area contributed by atoms with E-state index in [1.807, 2.05) is 30.2 Å². The van der Waals surface area contributed by atoms with Crippen LogP contribution in [0.5, 0.6) is 0 Å². The van der Waals surface area contributed by atoms with E-state index in [-0.39, 0.29) is 23.8 Å². The summed E-state index contributed by atoms with van der Waals surface area (Å²) in [4.78, 5) is 32.1. The minimum atomic E-state index is -0.522. The first kappa shape index (κ1) is 18.6. The van der Waals surface area contributed by atoms with Gasteiger partial charge in [-0.15, -0.1) is 0 Å². The number of likely N-dealkylation sites (tertiary alicyclic amines) is 1. The second kappa shape index (κ2) is 7.44. The van der Waals surface area contributed by atoms with E-state index in [1.54, 1.807) is 18.3 Å². The van der Waals surface area contributed by atoms with Gasteiger partial charge in [-0.3, -0.25) is 9.78 Å². The number of piperidine rings is 1. The predicted molar refractivity (Wildman–Crippen MR) is 109 cm³/mol. The maximum absolute atomic E-state index is 13.4. The Hall–Kier alpha value is -3.42. The van der Waals surface area contributed by atoms with Crippen LogP contribution in [0.2, 0.25) is 0 Å². The smallest absolute Gasteiger partial charge is 0.273 e. The van der Waals surface area contributed by atoms with Crippen LogP contribution in [0, 0.1) is 18.7 Å². The fourth-order valence-corrected chi connectivity index (χ4v) is 4.50. The monoisotopic (exact) mass is 404 g/mol. The molecular formula is C22H21FN6O. The van der Waals surface area contributed by atoms with Gasteiger partial charge in [0.25, 0.3) is 5.91 Å². The average Bonchev–Trinajstić information content (AvgIpc) is 3.36. The van der Waals surface area contributed by atoms with Crippen molar-refractivity contribution in [3.63, 3.8) is 0 Å². The van der Waals surface area contributed by atoms with E-state index in [0.29, 0.717) is 23.7 Å². The van der Waals surface area contributed by atoms with Crippen molar-refractivity contribution in [3.8, 4) is 11.4 Å². The number of hydrogen-bond acceptors (Lipinski definition) is 6. The number of carbonyl (C=O) groups is 1. The highest BCUT2D eigenvalue weighted by molar-refractivity contribution is 5.98. The zero-order valence-electron chi connectivity index (χ0n) is 16.5. The van der Waals surface area contributed by atoms with Gasteiger partial charge in [-0.05, 0) is 49.4 Å². The van der Waals surface area contributed by atoms with Gasteiger partial charge in [-0.25, -0.2) is 19.3 Å². The lowest BCUT2D eigenvalue weighted by Crippen LogP contribution is -2.48. The summed E-state index contributed by atoms with van der Waals surface area (Å²) in [5.41, 5.74) is 1.91. The minimum absolute atomic E-state index is 0.0783. The number of carbonyl (C=O) groups excluding carboxylic acids is 1. The van der Waals surface area contributed by atoms with E-state index in [2.05, 4.69) is 25.3 Å². The molecule has 0 spiro atoms. The molecular weight excluding hydrogens is 383 g/mol. The van der Waals surface area contributed by atoms with Crippen molar-refractivity contribution in [3.05, 3.63) is 66.1 Å². The number of nitrogens with one attached hydrogen (secondary N) is 1. The Kier molecular flexibility index (Phi) is 4.61. The van der Waals surface area contributed by atoms with Crippen molar-refractivity contribution in [1.82, 2.24) is 24.8 Å². The number of pyridine rings is 2. The van der Waals surface area contributed by atoms with Crippen LogP contribution in [0.15, 0.2) is 49.1 Å². The molecule has 0 radical (unpaired) electrons. The number of hydrogen-bond donors (Lipinski definition) is 1. The molecule has 2 aliphatic rings. The van der Waals surface area contributed by atoms with Gasteiger partial charge in [0.15, 0.2) is 11.6 Å². The lowest BCUT2D eigenvalue weighted by molar-refractivity contribution is 0.0687. The molecule has 3 aromatic heterocycles. The molecule has 2 fully saturated rings. The minimum Gasteiger partial charge on any atom is -0.365 e. The fraction of sp³-hybridized carbons (Fsp3) is 0.318. The van der Waals surface area contributed by atoms with Gasteiger partial charge in [0.2, 0.25) is 0 Å². The zero-order valence-corrected chi connectivity index (χ0v) is 16.5. The van der Waals surface area contributed by atoms with E-state index in [9.17, 15) is 9.18 Å². The Bertz CT molecular complexity index is 1070. The largest absolute Gasteiger partial charge is 0.365 e. The van der Waals surface area contributed by atoms with Crippen LogP contribution in [0.25, 0.3) is 11.4 Å². The fourth-order valence-electron chi connectivity index (χ4n) is 4.50. The summed E-state index contributed by atoms with van der Waals surface area (Å²) in [5, 5.41) is 3.50. The molecule has 1 N–H and O–H groups in total. The number of aryl methyl sites for hydroxylation is 1. The first-order valence-electron chi connectivity index (χ1n) is 10.0. The number of anilines is 1. The third-order valence-corrected chi connectivity index (χ3v) is 5.86. The molecule has 3 aromatic rings. The van der Waals surface area contributed by atoms with Crippen molar-refractivity contribution < 1.29 is 9.18 Å². The topological polar surface area (TPSA) is 83.9 Å². The molecule has 1 amide bonds. The molecule has 5 rings (SSSR count). The van der Waals surface area contributed by atoms with Crippen LogP contribution in [0.4, 0.5) is 10.2 Å². The van der Waals surface area contributed by atoms with Crippen molar-refractivity contribution in [2.45, 2.75) is 31.8 Å². The van der Waals surface area contributed by atoms with Gasteiger partial charge in [0, 0.05) is 25.0 Å². The van der Waals surface area contributed by atoms with Crippen LogP contribution in [0.3, 0.4) is 0 Å². The zero-order chi connectivity index (χ0) is 20.7. The van der Waals surface area contributed by atoms with Crippen molar-refractivity contribution in [1.29, 1.82) is 0 Å². The Labute approximate surface area is 173 Å². The Balaban J connectivity index is 1.39. The molecule has 1 aliphatic heterocycles. The highest BCUT2D eigenvalue weighted by atomic mass is 19.1. The third kappa shape index (κ3) is 3.38. The number of fused-ring (bicyclic) bond motifs is 2. The quantitative estimate of drug-likeness (QED) is 0.719. The van der Waals surface area contributed by atoms with Crippen LogP contribution < -0.4 is 5.32 Å². The number of aromatic nitrogens is 4. The van der Waals surface area contributed by atoms with Gasteiger partial charge in [-0.1, -0.05) is 6.07 Å². The molecule has 3 unspecified atom stereocenters. The first-order valence-corrected chi connectivity index (χ1v) is 10.0. The van der Waals surface area contributed by atoms with Crippen molar-refractivity contribution >= 4 is 11.7 Å². The molecule has 4 heterocycles. The first-order chi connectivity index (χ1) is 14.6. The third-order valence-electron chi connectivity index (χ3n) is 5.86. The second-order valence-corrected chi connectivity index (χ2v) is 7.96. The molecule has 7 nitrogen and oxygen atoms in total. The number of halogens is 1. The van der Waals surface area contributed by atoms with E-state index in [4.69, 9.17) is 0 Å². The summed E-state index contributed by atoms with van der Waals surface area (Å²) in [6.45, 7) is 2.72. The molecule has 1 aliphatic carbocycles. The van der Waals surface area contributed by atoms with Gasteiger partial charge in [0.1, 0.15) is 11.5 Å². The normalized spacial score (nSPS) is 22.3. The summed E-state index contributed by atoms with van der Waals surface area (Å²) in [5.74, 6) is 0.899. The lowest BCUT2D eigenvalue weighted by Gasteiger charge is -2.34. The molecule has 1 saturated heterocycles. The molecule has 152 valence electrons. The Morgan fingerprint density at radius 1 is 1.10 bits per heavy atom. The van der Waals surface area contributed by atoms with E-state index in [0.717, 1.165) is 36.6 Å². The summed E-state index contributed by atoms with van der Waals surface area (Å²) < 4.78 is 13.2. The summed E-state index contributed by atoms with van der Waals surface area (Å²) in [6, 6.07) is 7.69. The molecule has 3 atom stereocenters. The van der Waals surface area contributed by atoms with Crippen LogP contribution in [-0.2, 0) is 0 Å². The van der Waals surface area contributed by atoms with Crippen LogP contribution in [0.1, 0.15) is 28.9 Å². The van der Waals surface area contributed by atoms with Gasteiger partial charge in [0.05, 0.1) is 24.0 Å². The van der Waals surface area contributed by atoms with Crippen LogP contribution in [-0.4, -0.2) is 49.4 Å².